The zero-order valence-corrected chi connectivity index (χ0v) is 21.1. The van der Waals surface area contributed by atoms with Crippen LogP contribution >= 0.6 is 11.6 Å². The number of benzene rings is 2. The molecule has 0 saturated heterocycles. The molecule has 0 fully saturated rings. The number of esters is 1. The van der Waals surface area contributed by atoms with Gasteiger partial charge in [0, 0.05) is 11.4 Å². The fourth-order valence-corrected chi connectivity index (χ4v) is 3.92. The number of aromatic nitrogens is 3. The summed E-state index contributed by atoms with van der Waals surface area (Å²) in [6.07, 6.45) is 8.08. The maximum Gasteiger partial charge on any atom is 0.306 e. The van der Waals surface area contributed by atoms with E-state index in [0.717, 1.165) is 35.1 Å². The van der Waals surface area contributed by atoms with Gasteiger partial charge in [0.1, 0.15) is 11.0 Å². The molecule has 2 aromatic carbocycles. The highest BCUT2D eigenvalue weighted by atomic mass is 35.5. The summed E-state index contributed by atoms with van der Waals surface area (Å²) in [5.74, 6) is -0.135. The van der Waals surface area contributed by atoms with Crippen LogP contribution in [0.4, 0.5) is 0 Å². The van der Waals surface area contributed by atoms with Crippen molar-refractivity contribution in [2.75, 3.05) is 6.61 Å². The Morgan fingerprint density at radius 1 is 0.970 bits per heavy atom. The Kier molecular flexibility index (Phi) is 8.90. The summed E-state index contributed by atoms with van der Waals surface area (Å²) in [5.41, 5.74) is 4.64. The lowest BCUT2D eigenvalue weighted by atomic mass is 9.85. The van der Waals surface area contributed by atoms with E-state index < -0.39 is 0 Å². The van der Waals surface area contributed by atoms with E-state index in [1.807, 2.05) is 18.2 Å². The van der Waals surface area contributed by atoms with Crippen LogP contribution in [0.5, 0.6) is 0 Å². The first kappa shape index (κ1) is 25.2. The number of hydrogen-bond acceptors (Lipinski definition) is 4. The zero-order chi connectivity index (χ0) is 23.8. The number of aryl methyl sites for hydroxylation is 1. The summed E-state index contributed by atoms with van der Waals surface area (Å²) in [6, 6.07) is 11.8. The van der Waals surface area contributed by atoms with E-state index in [4.69, 9.17) is 16.3 Å². The number of carbonyl (C=O) groups excluding carboxylic acids is 1. The van der Waals surface area contributed by atoms with E-state index in [1.165, 1.54) is 31.2 Å². The molecule has 0 N–H and O–H groups in total. The number of fused-ring (bicyclic) bond motifs is 1. The fourth-order valence-electron chi connectivity index (χ4n) is 3.76. The highest BCUT2D eigenvalue weighted by Gasteiger charge is 2.17. The molecular formula is C27H36ClN3O2. The highest BCUT2D eigenvalue weighted by molar-refractivity contribution is 6.31. The van der Waals surface area contributed by atoms with Crippen LogP contribution in [-0.4, -0.2) is 27.6 Å². The van der Waals surface area contributed by atoms with Gasteiger partial charge in [0.05, 0.1) is 12.3 Å². The molecule has 0 aliphatic rings. The molecular weight excluding hydrogens is 434 g/mol. The molecule has 0 amide bonds. The average Bonchev–Trinajstić information content (AvgIpc) is 3.19. The molecule has 3 aromatic rings. The van der Waals surface area contributed by atoms with Crippen molar-refractivity contribution in [2.45, 2.75) is 84.5 Å². The van der Waals surface area contributed by atoms with Gasteiger partial charge in [-0.1, -0.05) is 77.5 Å². The Morgan fingerprint density at radius 2 is 1.70 bits per heavy atom. The molecule has 0 saturated carbocycles. The molecule has 0 bridgehead atoms. The number of carbonyl (C=O) groups is 1. The SMILES string of the molecule is CCCCCCCCOC(=O)CCc1cc(-n2nc3ccc(Cl)cc3n2)cc(C(C)(C)C)c1. The van der Waals surface area contributed by atoms with E-state index in [2.05, 4.69) is 56.1 Å². The third kappa shape index (κ3) is 7.56. The second-order valence-electron chi connectivity index (χ2n) is 9.75. The fraction of sp³-hybridized carbons (Fsp3) is 0.519. The van der Waals surface area contributed by atoms with Crippen molar-refractivity contribution in [3.8, 4) is 5.69 Å². The molecule has 1 aromatic heterocycles. The topological polar surface area (TPSA) is 57.0 Å². The van der Waals surface area contributed by atoms with Crippen LogP contribution in [0.1, 0.15) is 83.8 Å². The molecule has 0 radical (unpaired) electrons. The lowest BCUT2D eigenvalue weighted by molar-refractivity contribution is -0.143. The molecule has 5 nitrogen and oxygen atoms in total. The van der Waals surface area contributed by atoms with Gasteiger partial charge in [0.2, 0.25) is 0 Å². The highest BCUT2D eigenvalue weighted by Crippen LogP contribution is 2.27. The smallest absolute Gasteiger partial charge is 0.306 e. The quantitative estimate of drug-likeness (QED) is 0.220. The summed E-state index contributed by atoms with van der Waals surface area (Å²) in [6.45, 7) is 9.27. The van der Waals surface area contributed by atoms with E-state index in [0.29, 0.717) is 24.5 Å². The standard InChI is InChI=1S/C27H36ClN3O2/c1-5-6-7-8-9-10-15-33-26(32)14-11-20-16-21(27(2,3)4)18-23(17-20)31-29-24-13-12-22(28)19-25(24)30-31/h12-13,16-19H,5-11,14-15H2,1-4H3. The Hall–Kier alpha value is -2.40. The van der Waals surface area contributed by atoms with Crippen molar-refractivity contribution >= 4 is 28.6 Å². The second-order valence-corrected chi connectivity index (χ2v) is 10.2. The van der Waals surface area contributed by atoms with E-state index >= 15 is 0 Å². The van der Waals surface area contributed by atoms with Crippen molar-refractivity contribution in [3.05, 3.63) is 52.5 Å². The summed E-state index contributed by atoms with van der Waals surface area (Å²) in [4.78, 5) is 13.9. The lowest BCUT2D eigenvalue weighted by Gasteiger charge is -2.21. The van der Waals surface area contributed by atoms with Gasteiger partial charge in [-0.25, -0.2) is 0 Å². The van der Waals surface area contributed by atoms with Crippen molar-refractivity contribution < 1.29 is 9.53 Å². The van der Waals surface area contributed by atoms with Gasteiger partial charge in [-0.15, -0.1) is 10.2 Å². The Labute approximate surface area is 202 Å². The van der Waals surface area contributed by atoms with Gasteiger partial charge in [0.25, 0.3) is 0 Å². The van der Waals surface area contributed by atoms with Gasteiger partial charge in [-0.2, -0.15) is 4.80 Å². The predicted molar refractivity (Wildman–Crippen MR) is 135 cm³/mol. The summed E-state index contributed by atoms with van der Waals surface area (Å²) >= 11 is 6.11. The molecule has 6 heteroatoms. The van der Waals surface area contributed by atoms with Gasteiger partial charge in [-0.3, -0.25) is 4.79 Å². The number of ether oxygens (including phenoxy) is 1. The van der Waals surface area contributed by atoms with Gasteiger partial charge < -0.3 is 4.74 Å². The minimum atomic E-state index is -0.135. The zero-order valence-electron chi connectivity index (χ0n) is 20.4. The number of rotatable bonds is 11. The Bertz CT molecular complexity index is 1070. The summed E-state index contributed by atoms with van der Waals surface area (Å²) in [7, 11) is 0. The van der Waals surface area contributed by atoms with Crippen molar-refractivity contribution in [3.63, 3.8) is 0 Å². The average molecular weight is 470 g/mol. The normalized spacial score (nSPS) is 11.8. The monoisotopic (exact) mass is 469 g/mol. The Morgan fingerprint density at radius 3 is 2.45 bits per heavy atom. The first-order valence-electron chi connectivity index (χ1n) is 12.1. The number of nitrogens with zero attached hydrogens (tertiary/aromatic N) is 3. The number of unbranched alkanes of at least 4 members (excludes halogenated alkanes) is 5. The van der Waals surface area contributed by atoms with Crippen molar-refractivity contribution in [2.24, 2.45) is 0 Å². The van der Waals surface area contributed by atoms with Crippen LogP contribution in [0.15, 0.2) is 36.4 Å². The molecule has 178 valence electrons. The number of halogens is 1. The minimum absolute atomic E-state index is 0.0427. The molecule has 0 aliphatic carbocycles. The van der Waals surface area contributed by atoms with E-state index in [-0.39, 0.29) is 11.4 Å². The van der Waals surface area contributed by atoms with Crippen LogP contribution in [-0.2, 0) is 21.4 Å². The van der Waals surface area contributed by atoms with E-state index in [9.17, 15) is 4.79 Å². The maximum absolute atomic E-state index is 12.3. The molecule has 3 rings (SSSR count). The van der Waals surface area contributed by atoms with Crippen LogP contribution in [0.25, 0.3) is 16.7 Å². The summed E-state index contributed by atoms with van der Waals surface area (Å²) in [5, 5.41) is 9.86. The third-order valence-electron chi connectivity index (χ3n) is 5.80. The van der Waals surface area contributed by atoms with Gasteiger partial charge >= 0.3 is 5.97 Å². The van der Waals surface area contributed by atoms with Crippen LogP contribution in [0.3, 0.4) is 0 Å². The third-order valence-corrected chi connectivity index (χ3v) is 6.03. The van der Waals surface area contributed by atoms with E-state index in [1.54, 1.807) is 4.80 Å². The molecule has 1 heterocycles. The first-order chi connectivity index (χ1) is 15.8. The van der Waals surface area contributed by atoms with Gasteiger partial charge in [-0.05, 0) is 59.7 Å². The number of hydrogen-bond donors (Lipinski definition) is 0. The lowest BCUT2D eigenvalue weighted by Crippen LogP contribution is -2.14. The molecule has 0 aliphatic heterocycles. The molecule has 33 heavy (non-hydrogen) atoms. The second kappa shape index (κ2) is 11.6. The van der Waals surface area contributed by atoms with Gasteiger partial charge in [0.15, 0.2) is 0 Å². The maximum atomic E-state index is 12.3. The summed E-state index contributed by atoms with van der Waals surface area (Å²) < 4.78 is 5.45. The first-order valence-corrected chi connectivity index (χ1v) is 12.5. The molecule has 0 atom stereocenters. The van der Waals surface area contributed by atoms with Crippen LogP contribution in [0, 0.1) is 0 Å². The van der Waals surface area contributed by atoms with Crippen molar-refractivity contribution in [1.29, 1.82) is 0 Å². The largest absolute Gasteiger partial charge is 0.466 e. The Balaban J connectivity index is 1.66. The molecule has 0 spiro atoms. The van der Waals surface area contributed by atoms with Crippen molar-refractivity contribution in [1.82, 2.24) is 15.0 Å². The van der Waals surface area contributed by atoms with Crippen LogP contribution < -0.4 is 0 Å². The predicted octanol–water partition coefficient (Wildman–Crippen LogP) is 7.21. The minimum Gasteiger partial charge on any atom is -0.466 e. The van der Waals surface area contributed by atoms with Crippen LogP contribution in [0.2, 0.25) is 5.02 Å². The molecule has 0 unspecified atom stereocenters.